The highest BCUT2D eigenvalue weighted by Gasteiger charge is 2.22. The van der Waals surface area contributed by atoms with E-state index in [-0.39, 0.29) is 17.0 Å². The van der Waals surface area contributed by atoms with E-state index in [1.165, 1.54) is 23.5 Å². The maximum absolute atomic E-state index is 12.7. The molecule has 7 heteroatoms. The summed E-state index contributed by atoms with van der Waals surface area (Å²) in [4.78, 5) is 39.1. The van der Waals surface area contributed by atoms with Gasteiger partial charge in [-0.3, -0.25) is 19.7 Å². The van der Waals surface area contributed by atoms with Crippen LogP contribution in [-0.4, -0.2) is 15.7 Å². The molecule has 27 heavy (non-hydrogen) atoms. The number of carbonyl (C=O) groups excluding carboxylic acids is 1. The molecule has 3 aromatic rings. The standard InChI is InChI=1S/C20H14N2O4S/c23-19-9-6-16-17(21-19)7-4-13(20(16)24)11-15-5-8-18(27-15)12-2-1-3-14(10-12)22(25)26/h1-3,5-6,8-11H,4,7H2,(H,21,23). The molecule has 0 radical (unpaired) electrons. The number of H-pyrrole nitrogens is 1. The van der Waals surface area contributed by atoms with E-state index < -0.39 is 4.92 Å². The lowest BCUT2D eigenvalue weighted by Gasteiger charge is -2.16. The normalized spacial score (nSPS) is 15.0. The van der Waals surface area contributed by atoms with Gasteiger partial charge in [0.15, 0.2) is 5.78 Å². The maximum Gasteiger partial charge on any atom is 0.270 e. The lowest BCUT2D eigenvalue weighted by Crippen LogP contribution is -2.19. The number of hydrogen-bond donors (Lipinski definition) is 1. The number of non-ortho nitro benzene ring substituents is 1. The minimum Gasteiger partial charge on any atom is -0.325 e. The molecule has 1 aliphatic rings. The van der Waals surface area contributed by atoms with Crippen molar-refractivity contribution in [3.8, 4) is 10.4 Å². The number of thiophene rings is 1. The fourth-order valence-corrected chi connectivity index (χ4v) is 4.11. The van der Waals surface area contributed by atoms with Gasteiger partial charge in [0.25, 0.3) is 5.69 Å². The largest absolute Gasteiger partial charge is 0.325 e. The monoisotopic (exact) mass is 378 g/mol. The summed E-state index contributed by atoms with van der Waals surface area (Å²) in [6, 6.07) is 13.2. The van der Waals surface area contributed by atoms with Crippen molar-refractivity contribution in [2.45, 2.75) is 12.8 Å². The van der Waals surface area contributed by atoms with E-state index in [1.54, 1.807) is 18.2 Å². The van der Waals surface area contributed by atoms with Gasteiger partial charge in [-0.2, -0.15) is 0 Å². The number of nitro benzene ring substituents is 1. The van der Waals surface area contributed by atoms with E-state index in [1.807, 2.05) is 24.3 Å². The Morgan fingerprint density at radius 3 is 2.74 bits per heavy atom. The lowest BCUT2D eigenvalue weighted by molar-refractivity contribution is -0.384. The van der Waals surface area contributed by atoms with Crippen molar-refractivity contribution in [3.05, 3.63) is 90.7 Å². The highest BCUT2D eigenvalue weighted by Crippen LogP contribution is 2.33. The number of aryl methyl sites for hydroxylation is 1. The summed E-state index contributed by atoms with van der Waals surface area (Å²) < 4.78 is 0. The minimum absolute atomic E-state index is 0.0499. The van der Waals surface area contributed by atoms with Crippen molar-refractivity contribution in [2.75, 3.05) is 0 Å². The number of nitrogens with one attached hydrogen (secondary N) is 1. The third-order valence-corrected chi connectivity index (χ3v) is 5.55. The first-order chi connectivity index (χ1) is 13.0. The van der Waals surface area contributed by atoms with Gasteiger partial charge in [0.05, 0.1) is 4.92 Å². The van der Waals surface area contributed by atoms with Crippen molar-refractivity contribution < 1.29 is 9.72 Å². The smallest absolute Gasteiger partial charge is 0.270 e. The molecule has 0 fully saturated rings. The number of carbonyl (C=O) groups is 1. The number of nitro groups is 1. The van der Waals surface area contributed by atoms with E-state index >= 15 is 0 Å². The highest BCUT2D eigenvalue weighted by atomic mass is 32.1. The molecule has 0 spiro atoms. The quantitative estimate of drug-likeness (QED) is 0.419. The number of allylic oxidation sites excluding steroid dienone is 1. The van der Waals surface area contributed by atoms with E-state index in [4.69, 9.17) is 0 Å². The molecule has 0 atom stereocenters. The van der Waals surface area contributed by atoms with E-state index in [2.05, 4.69) is 4.98 Å². The molecule has 0 bridgehead atoms. The summed E-state index contributed by atoms with van der Waals surface area (Å²) in [5, 5.41) is 11.0. The minimum atomic E-state index is -0.414. The number of Topliss-reactive ketones (excluding diaryl/α,β-unsaturated/α-hetero) is 1. The number of ketones is 1. The first-order valence-corrected chi connectivity index (χ1v) is 9.15. The Kier molecular flexibility index (Phi) is 4.29. The summed E-state index contributed by atoms with van der Waals surface area (Å²) in [7, 11) is 0. The summed E-state index contributed by atoms with van der Waals surface area (Å²) in [5.74, 6) is -0.0715. The van der Waals surface area contributed by atoms with E-state index in [9.17, 15) is 19.7 Å². The van der Waals surface area contributed by atoms with Gasteiger partial charge in [-0.1, -0.05) is 12.1 Å². The van der Waals surface area contributed by atoms with Gasteiger partial charge in [-0.25, -0.2) is 0 Å². The third-order valence-electron chi connectivity index (χ3n) is 4.47. The van der Waals surface area contributed by atoms with Crippen LogP contribution in [0.25, 0.3) is 16.5 Å². The number of fused-ring (bicyclic) bond motifs is 1. The molecule has 2 aromatic heterocycles. The second-order valence-corrected chi connectivity index (χ2v) is 7.34. The zero-order valence-electron chi connectivity index (χ0n) is 14.1. The molecule has 0 amide bonds. The van der Waals surface area contributed by atoms with Crippen molar-refractivity contribution in [1.29, 1.82) is 0 Å². The third kappa shape index (κ3) is 3.37. The van der Waals surface area contributed by atoms with Gasteiger partial charge in [-0.05, 0) is 42.7 Å². The predicted molar refractivity (Wildman–Crippen MR) is 104 cm³/mol. The number of nitrogens with zero attached hydrogens (tertiary/aromatic N) is 1. The van der Waals surface area contributed by atoms with Crippen molar-refractivity contribution >= 4 is 28.9 Å². The van der Waals surface area contributed by atoms with Crippen LogP contribution in [-0.2, 0) is 6.42 Å². The number of benzene rings is 1. The molecule has 6 nitrogen and oxygen atoms in total. The SMILES string of the molecule is O=C1C(=Cc2ccc(-c3cccc([N+](=O)[O-])c3)s2)CCc2[nH]c(=O)ccc21. The Bertz CT molecular complexity index is 1160. The Morgan fingerprint density at radius 2 is 1.93 bits per heavy atom. The molecular formula is C20H14N2O4S. The van der Waals surface area contributed by atoms with E-state index in [0.29, 0.717) is 29.7 Å². The van der Waals surface area contributed by atoms with Crippen LogP contribution in [0, 0.1) is 10.1 Å². The number of aromatic nitrogens is 1. The van der Waals surface area contributed by atoms with Crippen molar-refractivity contribution in [3.63, 3.8) is 0 Å². The Morgan fingerprint density at radius 1 is 1.07 bits per heavy atom. The fourth-order valence-electron chi connectivity index (χ4n) is 3.14. The van der Waals surface area contributed by atoms with Crippen molar-refractivity contribution in [1.82, 2.24) is 4.98 Å². The Hall–Kier alpha value is -3.32. The zero-order chi connectivity index (χ0) is 19.0. The summed E-state index contributed by atoms with van der Waals surface area (Å²) in [6.07, 6.45) is 3.05. The average molecular weight is 378 g/mol. The molecule has 2 heterocycles. The van der Waals surface area contributed by atoms with Crippen LogP contribution in [0.2, 0.25) is 0 Å². The first kappa shape index (κ1) is 17.1. The first-order valence-electron chi connectivity index (χ1n) is 8.33. The van der Waals surface area contributed by atoms with Gasteiger partial charge in [0.2, 0.25) is 5.56 Å². The summed E-state index contributed by atoms with van der Waals surface area (Å²) in [5.41, 5.74) is 2.55. The zero-order valence-corrected chi connectivity index (χ0v) is 14.9. The Balaban J connectivity index is 1.64. The molecule has 0 saturated heterocycles. The van der Waals surface area contributed by atoms with Crippen LogP contribution in [0.3, 0.4) is 0 Å². The molecule has 134 valence electrons. The number of rotatable bonds is 3. The summed E-state index contributed by atoms with van der Waals surface area (Å²) in [6.45, 7) is 0. The van der Waals surface area contributed by atoms with Crippen LogP contribution in [0.4, 0.5) is 5.69 Å². The van der Waals surface area contributed by atoms with Crippen LogP contribution >= 0.6 is 11.3 Å². The lowest BCUT2D eigenvalue weighted by atomic mass is 9.90. The summed E-state index contributed by atoms with van der Waals surface area (Å²) >= 11 is 1.48. The molecule has 0 saturated carbocycles. The molecular weight excluding hydrogens is 364 g/mol. The van der Waals surface area contributed by atoms with E-state index in [0.717, 1.165) is 15.3 Å². The average Bonchev–Trinajstić information content (AvgIpc) is 3.13. The number of pyridine rings is 1. The number of hydrogen-bond acceptors (Lipinski definition) is 5. The van der Waals surface area contributed by atoms with Crippen molar-refractivity contribution in [2.24, 2.45) is 0 Å². The van der Waals surface area contributed by atoms with Crippen LogP contribution in [0.5, 0.6) is 0 Å². The number of aromatic amines is 1. The molecule has 1 aliphatic carbocycles. The molecule has 0 unspecified atom stereocenters. The second-order valence-electron chi connectivity index (χ2n) is 6.22. The topological polar surface area (TPSA) is 93.1 Å². The fraction of sp³-hybridized carbons (Fsp3) is 0.100. The van der Waals surface area contributed by atoms with Gasteiger partial charge in [0.1, 0.15) is 0 Å². The van der Waals surface area contributed by atoms with Gasteiger partial charge >= 0.3 is 0 Å². The van der Waals surface area contributed by atoms with Gasteiger partial charge in [0, 0.05) is 44.8 Å². The molecule has 4 rings (SSSR count). The highest BCUT2D eigenvalue weighted by molar-refractivity contribution is 7.16. The predicted octanol–water partition coefficient (Wildman–Crippen LogP) is 4.22. The van der Waals surface area contributed by atoms with Gasteiger partial charge in [-0.15, -0.1) is 11.3 Å². The molecule has 0 aliphatic heterocycles. The van der Waals surface area contributed by atoms with Gasteiger partial charge < -0.3 is 4.98 Å². The van der Waals surface area contributed by atoms with Crippen LogP contribution < -0.4 is 5.56 Å². The van der Waals surface area contributed by atoms with Crippen LogP contribution in [0.1, 0.15) is 27.3 Å². The van der Waals surface area contributed by atoms with Crippen LogP contribution in [0.15, 0.2) is 58.9 Å². The molecule has 1 aromatic carbocycles. The second kappa shape index (κ2) is 6.77. The Labute approximate surface area is 158 Å². The molecule has 1 N–H and O–H groups in total. The maximum atomic E-state index is 12.7.